The van der Waals surface area contributed by atoms with E-state index in [-0.39, 0.29) is 5.91 Å². The van der Waals surface area contributed by atoms with E-state index in [9.17, 15) is 4.79 Å². The number of rotatable bonds is 3. The van der Waals surface area contributed by atoms with Crippen LogP contribution >= 0.6 is 11.6 Å². The number of benzene rings is 1. The molecular weight excluding hydrogens is 286 g/mol. The van der Waals surface area contributed by atoms with E-state index in [1.807, 2.05) is 18.2 Å². The van der Waals surface area contributed by atoms with Crippen LogP contribution in [0.1, 0.15) is 19.3 Å². The highest BCUT2D eigenvalue weighted by molar-refractivity contribution is 6.32. The van der Waals surface area contributed by atoms with Crippen molar-refractivity contribution in [2.45, 2.75) is 19.3 Å². The minimum Gasteiger partial charge on any atom is -0.324 e. The van der Waals surface area contributed by atoms with Gasteiger partial charge < -0.3 is 10.6 Å². The Labute approximate surface area is 128 Å². The van der Waals surface area contributed by atoms with Gasteiger partial charge in [0.1, 0.15) is 0 Å². The number of halogens is 1. The molecule has 2 heterocycles. The molecule has 2 aromatic rings. The highest BCUT2D eigenvalue weighted by Gasteiger charge is 2.17. The topological polar surface area (TPSA) is 54.0 Å². The van der Waals surface area contributed by atoms with Gasteiger partial charge in [-0.05, 0) is 50.0 Å². The van der Waals surface area contributed by atoms with Gasteiger partial charge in [0, 0.05) is 23.0 Å². The van der Waals surface area contributed by atoms with Gasteiger partial charge in [0.25, 0.3) is 0 Å². The predicted octanol–water partition coefficient (Wildman–Crippen LogP) is 3.22. The van der Waals surface area contributed by atoms with Gasteiger partial charge in [0.05, 0.1) is 11.2 Å². The van der Waals surface area contributed by atoms with Crippen molar-refractivity contribution in [1.29, 1.82) is 0 Å². The first-order valence-electron chi connectivity index (χ1n) is 7.27. The number of carbonyl (C=O) groups excluding carboxylic acids is 1. The van der Waals surface area contributed by atoms with Crippen LogP contribution in [0, 0.1) is 5.92 Å². The number of nitrogens with one attached hydrogen (secondary N) is 2. The van der Waals surface area contributed by atoms with E-state index in [2.05, 4.69) is 15.6 Å². The number of amides is 1. The Morgan fingerprint density at radius 1 is 1.48 bits per heavy atom. The van der Waals surface area contributed by atoms with Gasteiger partial charge in [0.15, 0.2) is 0 Å². The van der Waals surface area contributed by atoms with Crippen LogP contribution in [0.25, 0.3) is 10.9 Å². The summed E-state index contributed by atoms with van der Waals surface area (Å²) in [6.07, 6.45) is 4.50. The lowest BCUT2D eigenvalue weighted by Gasteiger charge is -2.22. The number of carbonyl (C=O) groups is 1. The smallest absolute Gasteiger partial charge is 0.224 e. The molecule has 4 nitrogen and oxygen atoms in total. The number of hydrogen-bond acceptors (Lipinski definition) is 3. The molecule has 1 aliphatic heterocycles. The van der Waals surface area contributed by atoms with E-state index in [0.29, 0.717) is 23.0 Å². The quantitative estimate of drug-likeness (QED) is 0.915. The molecule has 21 heavy (non-hydrogen) atoms. The van der Waals surface area contributed by atoms with E-state index >= 15 is 0 Å². The second-order valence-electron chi connectivity index (χ2n) is 5.49. The van der Waals surface area contributed by atoms with Crippen molar-refractivity contribution in [2.75, 3.05) is 18.4 Å². The Morgan fingerprint density at radius 3 is 3.19 bits per heavy atom. The standard InChI is InChI=1S/C16H18ClN3O/c17-13-8-12-4-2-6-19-16(12)14(9-13)20-15(21)7-11-3-1-5-18-10-11/h2,4,6,8-9,11,18H,1,3,5,7,10H2,(H,20,21). The molecule has 110 valence electrons. The lowest BCUT2D eigenvalue weighted by molar-refractivity contribution is -0.117. The average Bonchev–Trinajstić information content (AvgIpc) is 2.48. The Hall–Kier alpha value is -1.65. The van der Waals surface area contributed by atoms with E-state index in [4.69, 9.17) is 11.6 Å². The molecule has 1 fully saturated rings. The van der Waals surface area contributed by atoms with Crippen molar-refractivity contribution in [2.24, 2.45) is 5.92 Å². The normalized spacial score (nSPS) is 18.6. The summed E-state index contributed by atoms with van der Waals surface area (Å²) in [6, 6.07) is 7.41. The predicted molar refractivity (Wildman–Crippen MR) is 85.6 cm³/mol. The maximum absolute atomic E-state index is 12.2. The monoisotopic (exact) mass is 303 g/mol. The molecule has 2 N–H and O–H groups in total. The molecule has 1 aromatic heterocycles. The summed E-state index contributed by atoms with van der Waals surface area (Å²) in [5.41, 5.74) is 1.46. The lowest BCUT2D eigenvalue weighted by Crippen LogP contribution is -2.32. The maximum atomic E-state index is 12.2. The Balaban J connectivity index is 1.76. The van der Waals surface area contributed by atoms with Crippen molar-refractivity contribution in [3.63, 3.8) is 0 Å². The maximum Gasteiger partial charge on any atom is 0.224 e. The number of piperidine rings is 1. The molecule has 5 heteroatoms. The van der Waals surface area contributed by atoms with Crippen molar-refractivity contribution in [1.82, 2.24) is 10.3 Å². The zero-order chi connectivity index (χ0) is 14.7. The molecule has 1 unspecified atom stereocenters. The van der Waals surface area contributed by atoms with Crippen molar-refractivity contribution in [3.05, 3.63) is 35.5 Å². The fourth-order valence-corrected chi connectivity index (χ4v) is 3.04. The third kappa shape index (κ3) is 3.52. The minimum absolute atomic E-state index is 0.0259. The second kappa shape index (κ2) is 6.41. The van der Waals surface area contributed by atoms with Crippen LogP contribution in [0.2, 0.25) is 5.02 Å². The number of aromatic nitrogens is 1. The van der Waals surface area contributed by atoms with Crippen LogP contribution in [0.5, 0.6) is 0 Å². The molecule has 1 saturated heterocycles. The Bertz CT molecular complexity index is 653. The summed E-state index contributed by atoms with van der Waals surface area (Å²) in [4.78, 5) is 16.6. The van der Waals surface area contributed by atoms with E-state index in [1.165, 1.54) is 0 Å². The first-order valence-corrected chi connectivity index (χ1v) is 7.65. The molecule has 0 saturated carbocycles. The molecule has 1 atom stereocenters. The zero-order valence-corrected chi connectivity index (χ0v) is 12.5. The van der Waals surface area contributed by atoms with Crippen LogP contribution in [-0.2, 0) is 4.79 Å². The van der Waals surface area contributed by atoms with E-state index < -0.39 is 0 Å². The number of anilines is 1. The SMILES string of the molecule is O=C(CC1CCCNC1)Nc1cc(Cl)cc2cccnc12. The zero-order valence-electron chi connectivity index (χ0n) is 11.7. The van der Waals surface area contributed by atoms with Gasteiger partial charge in [0.2, 0.25) is 5.91 Å². The third-order valence-corrected chi connectivity index (χ3v) is 4.03. The van der Waals surface area contributed by atoms with Crippen molar-refractivity contribution >= 4 is 34.1 Å². The largest absolute Gasteiger partial charge is 0.324 e. The van der Waals surface area contributed by atoms with Gasteiger partial charge in [-0.15, -0.1) is 0 Å². The summed E-state index contributed by atoms with van der Waals surface area (Å²) >= 11 is 6.11. The Kier molecular flexibility index (Phi) is 4.36. The molecule has 1 aliphatic rings. The highest BCUT2D eigenvalue weighted by atomic mass is 35.5. The van der Waals surface area contributed by atoms with Gasteiger partial charge in [-0.25, -0.2) is 0 Å². The van der Waals surface area contributed by atoms with Crippen LogP contribution in [-0.4, -0.2) is 24.0 Å². The molecule has 0 aliphatic carbocycles. The summed E-state index contributed by atoms with van der Waals surface area (Å²) in [5, 5.41) is 7.82. The van der Waals surface area contributed by atoms with Gasteiger partial charge in [-0.2, -0.15) is 0 Å². The van der Waals surface area contributed by atoms with Crippen LogP contribution in [0.3, 0.4) is 0 Å². The first kappa shape index (κ1) is 14.3. The summed E-state index contributed by atoms with van der Waals surface area (Å²) in [7, 11) is 0. The summed E-state index contributed by atoms with van der Waals surface area (Å²) < 4.78 is 0. The first-order chi connectivity index (χ1) is 10.2. The van der Waals surface area contributed by atoms with Crippen molar-refractivity contribution < 1.29 is 4.79 Å². The molecule has 0 spiro atoms. The van der Waals surface area contributed by atoms with Gasteiger partial charge in [-0.3, -0.25) is 9.78 Å². The van der Waals surface area contributed by atoms with Crippen LogP contribution in [0.4, 0.5) is 5.69 Å². The fraction of sp³-hybridized carbons (Fsp3) is 0.375. The van der Waals surface area contributed by atoms with Gasteiger partial charge >= 0.3 is 0 Å². The molecule has 1 amide bonds. The minimum atomic E-state index is 0.0259. The van der Waals surface area contributed by atoms with E-state index in [0.717, 1.165) is 36.8 Å². The lowest BCUT2D eigenvalue weighted by atomic mass is 9.96. The number of fused-ring (bicyclic) bond motifs is 1. The molecule has 0 bridgehead atoms. The summed E-state index contributed by atoms with van der Waals surface area (Å²) in [6.45, 7) is 1.98. The summed E-state index contributed by atoms with van der Waals surface area (Å²) in [5.74, 6) is 0.440. The third-order valence-electron chi connectivity index (χ3n) is 3.82. The van der Waals surface area contributed by atoms with E-state index in [1.54, 1.807) is 12.3 Å². The number of hydrogen-bond donors (Lipinski definition) is 2. The fourth-order valence-electron chi connectivity index (χ4n) is 2.81. The van der Waals surface area contributed by atoms with Crippen LogP contribution in [0.15, 0.2) is 30.5 Å². The molecular formula is C16H18ClN3O. The van der Waals surface area contributed by atoms with Crippen LogP contribution < -0.4 is 10.6 Å². The second-order valence-corrected chi connectivity index (χ2v) is 5.93. The number of nitrogens with zero attached hydrogens (tertiary/aromatic N) is 1. The van der Waals surface area contributed by atoms with Gasteiger partial charge in [-0.1, -0.05) is 17.7 Å². The molecule has 1 aromatic carbocycles. The average molecular weight is 304 g/mol. The Morgan fingerprint density at radius 2 is 2.38 bits per heavy atom. The molecule has 0 radical (unpaired) electrons. The highest BCUT2D eigenvalue weighted by Crippen LogP contribution is 2.26. The number of pyridine rings is 1. The molecule has 3 rings (SSSR count). The van der Waals surface area contributed by atoms with Crippen molar-refractivity contribution in [3.8, 4) is 0 Å².